The third-order valence-electron chi connectivity index (χ3n) is 6.70. The van der Waals surface area contributed by atoms with Crippen molar-refractivity contribution in [1.29, 1.82) is 0 Å². The minimum absolute atomic E-state index is 1.05. The second-order valence-electron chi connectivity index (χ2n) is 8.57. The summed E-state index contributed by atoms with van der Waals surface area (Å²) in [6.07, 6.45) is 11.4. The first-order valence-corrected chi connectivity index (χ1v) is 11.9. The molecule has 0 fully saturated rings. The van der Waals surface area contributed by atoms with Crippen molar-refractivity contribution < 1.29 is 0 Å². The van der Waals surface area contributed by atoms with Gasteiger partial charge in [-0.15, -0.1) is 0 Å². The van der Waals surface area contributed by atoms with E-state index in [1.54, 1.807) is 6.20 Å². The normalized spacial score (nSPS) is 10.7. The van der Waals surface area contributed by atoms with Crippen LogP contribution in [0.3, 0.4) is 0 Å². The third-order valence-corrected chi connectivity index (χ3v) is 6.70. The number of nitrogens with zero attached hydrogens (tertiary/aromatic N) is 1. The van der Waals surface area contributed by atoms with Crippen LogP contribution in [0.4, 0.5) is 0 Å². The van der Waals surface area contributed by atoms with E-state index in [9.17, 15) is 0 Å². The quantitative estimate of drug-likeness (QED) is 0.235. The Kier molecular flexibility index (Phi) is 6.30. The molecule has 0 aliphatic heterocycles. The highest BCUT2D eigenvalue weighted by atomic mass is 14.6. The van der Waals surface area contributed by atoms with E-state index in [0.717, 1.165) is 61.0 Å². The Balaban J connectivity index is 1.83. The smallest absolute Gasteiger partial charge is 0.0346 e. The molecule has 1 nitrogen and oxygen atoms in total. The number of aromatic nitrogens is 1. The third kappa shape index (κ3) is 3.81. The Labute approximate surface area is 213 Å². The van der Waals surface area contributed by atoms with Gasteiger partial charge in [0.2, 0.25) is 0 Å². The lowest BCUT2D eigenvalue weighted by Crippen LogP contribution is -1.98. The van der Waals surface area contributed by atoms with Gasteiger partial charge in [-0.1, -0.05) is 123 Å². The van der Waals surface area contributed by atoms with Crippen LogP contribution in [0.15, 0.2) is 118 Å². The van der Waals surface area contributed by atoms with E-state index in [2.05, 4.69) is 104 Å². The maximum absolute atomic E-state index is 4.26. The van der Waals surface area contributed by atoms with Crippen molar-refractivity contribution in [3.8, 4) is 33.4 Å². The van der Waals surface area contributed by atoms with Crippen molar-refractivity contribution in [2.45, 2.75) is 0 Å². The molecule has 0 spiro atoms. The van der Waals surface area contributed by atoms with Gasteiger partial charge in [-0.3, -0.25) is 4.98 Å². The van der Waals surface area contributed by atoms with Crippen LogP contribution in [0, 0.1) is 0 Å². The van der Waals surface area contributed by atoms with Gasteiger partial charge in [0.15, 0.2) is 0 Å². The van der Waals surface area contributed by atoms with E-state index in [4.69, 9.17) is 0 Å². The second-order valence-corrected chi connectivity index (χ2v) is 8.57. The Morgan fingerprint density at radius 3 is 1.75 bits per heavy atom. The van der Waals surface area contributed by atoms with E-state index in [1.165, 1.54) is 5.39 Å². The van der Waals surface area contributed by atoms with Crippen molar-refractivity contribution in [2.24, 2.45) is 0 Å². The molecule has 4 aromatic carbocycles. The lowest BCUT2D eigenvalue weighted by atomic mass is 9.81. The molecule has 0 bridgehead atoms. The summed E-state index contributed by atoms with van der Waals surface area (Å²) >= 11 is 0. The van der Waals surface area contributed by atoms with E-state index in [-0.39, 0.29) is 0 Å². The molecule has 0 N–H and O–H groups in total. The summed E-state index contributed by atoms with van der Waals surface area (Å²) in [7, 11) is 0. The Hall–Kier alpha value is -4.75. The van der Waals surface area contributed by atoms with Gasteiger partial charge in [0, 0.05) is 12.4 Å². The minimum atomic E-state index is 1.05. The molecule has 5 rings (SSSR count). The molecule has 5 aromatic rings. The first kappa shape index (κ1) is 23.0. The molecule has 0 saturated carbocycles. The Bertz CT molecular complexity index is 1620. The molecular weight excluding hydrogens is 434 g/mol. The maximum atomic E-state index is 4.26. The van der Waals surface area contributed by atoms with Gasteiger partial charge < -0.3 is 0 Å². The van der Waals surface area contributed by atoms with E-state index in [1.807, 2.05) is 36.6 Å². The van der Waals surface area contributed by atoms with E-state index in [0.29, 0.717) is 0 Å². The van der Waals surface area contributed by atoms with Crippen LogP contribution in [0.2, 0.25) is 0 Å². The van der Waals surface area contributed by atoms with Gasteiger partial charge in [-0.05, 0) is 72.5 Å². The zero-order valence-corrected chi connectivity index (χ0v) is 20.2. The van der Waals surface area contributed by atoms with Crippen LogP contribution in [0.5, 0.6) is 0 Å². The topological polar surface area (TPSA) is 12.9 Å². The number of hydrogen-bond donors (Lipinski definition) is 0. The molecule has 0 amide bonds. The number of fused-ring (bicyclic) bond motifs is 1. The standard InChI is InChI=1S/C35H27N/c1-5-24-13-11-17-31(28(24)6-2)35-30(8-4)29(7-3)34(32-15-9-10-16-33(32)35)26-20-18-25(19-21-26)27-14-12-22-36-23-27/h5-23H,1-4H2. The molecule has 1 heterocycles. The van der Waals surface area contributed by atoms with Crippen LogP contribution >= 0.6 is 0 Å². The highest BCUT2D eigenvalue weighted by molar-refractivity contribution is 6.12. The Morgan fingerprint density at radius 1 is 0.500 bits per heavy atom. The molecule has 36 heavy (non-hydrogen) atoms. The number of benzene rings is 4. The molecule has 0 unspecified atom stereocenters. The monoisotopic (exact) mass is 461 g/mol. The number of hydrogen-bond acceptors (Lipinski definition) is 1. The highest BCUT2D eigenvalue weighted by Crippen LogP contribution is 2.44. The Morgan fingerprint density at radius 2 is 1.14 bits per heavy atom. The van der Waals surface area contributed by atoms with Gasteiger partial charge in [0.05, 0.1) is 0 Å². The zero-order valence-electron chi connectivity index (χ0n) is 20.2. The summed E-state index contributed by atoms with van der Waals surface area (Å²) in [5.74, 6) is 0. The summed E-state index contributed by atoms with van der Waals surface area (Å²) in [4.78, 5) is 4.26. The van der Waals surface area contributed by atoms with Gasteiger partial charge in [-0.25, -0.2) is 0 Å². The number of pyridine rings is 1. The highest BCUT2D eigenvalue weighted by Gasteiger charge is 2.20. The maximum Gasteiger partial charge on any atom is 0.0346 e. The van der Waals surface area contributed by atoms with Crippen molar-refractivity contribution >= 4 is 35.1 Å². The fourth-order valence-corrected chi connectivity index (χ4v) is 5.07. The summed E-state index contributed by atoms with van der Waals surface area (Å²) in [5, 5.41) is 2.33. The van der Waals surface area contributed by atoms with Gasteiger partial charge in [0.1, 0.15) is 0 Å². The van der Waals surface area contributed by atoms with Gasteiger partial charge in [-0.2, -0.15) is 0 Å². The van der Waals surface area contributed by atoms with Gasteiger partial charge >= 0.3 is 0 Å². The van der Waals surface area contributed by atoms with E-state index >= 15 is 0 Å². The summed E-state index contributed by atoms with van der Waals surface area (Å²) in [6.45, 7) is 16.5. The lowest BCUT2D eigenvalue weighted by Gasteiger charge is -2.22. The second kappa shape index (κ2) is 9.85. The molecule has 1 aromatic heterocycles. The molecule has 172 valence electrons. The van der Waals surface area contributed by atoms with Crippen molar-refractivity contribution in [3.63, 3.8) is 0 Å². The molecular formula is C35H27N. The summed E-state index contributed by atoms with van der Waals surface area (Å²) in [5.41, 5.74) is 11.0. The molecule has 1 heteroatoms. The average Bonchev–Trinajstić information content (AvgIpc) is 2.95. The molecule has 0 atom stereocenters. The van der Waals surface area contributed by atoms with Crippen molar-refractivity contribution in [2.75, 3.05) is 0 Å². The van der Waals surface area contributed by atoms with Crippen molar-refractivity contribution in [1.82, 2.24) is 4.98 Å². The van der Waals surface area contributed by atoms with Crippen LogP contribution in [0.1, 0.15) is 22.3 Å². The van der Waals surface area contributed by atoms with Crippen LogP contribution < -0.4 is 0 Å². The van der Waals surface area contributed by atoms with Gasteiger partial charge in [0.25, 0.3) is 0 Å². The zero-order chi connectivity index (χ0) is 25.1. The fraction of sp³-hybridized carbons (Fsp3) is 0. The van der Waals surface area contributed by atoms with Crippen LogP contribution in [0.25, 0.3) is 68.5 Å². The van der Waals surface area contributed by atoms with Crippen molar-refractivity contribution in [3.05, 3.63) is 140 Å². The predicted octanol–water partition coefficient (Wildman–Crippen LogP) is 9.81. The molecule has 0 radical (unpaired) electrons. The largest absolute Gasteiger partial charge is 0.264 e. The SMILES string of the molecule is C=Cc1cccc(-c2c(C=C)c(C=C)c(-c3ccc(-c4cccnc4)cc3)c3ccccc23)c1C=C. The predicted molar refractivity (Wildman–Crippen MR) is 158 cm³/mol. The summed E-state index contributed by atoms with van der Waals surface area (Å²) < 4.78 is 0. The summed E-state index contributed by atoms with van der Waals surface area (Å²) in [6, 6.07) is 27.5. The first-order valence-electron chi connectivity index (χ1n) is 11.9. The van der Waals surface area contributed by atoms with E-state index < -0.39 is 0 Å². The minimum Gasteiger partial charge on any atom is -0.264 e. The fourth-order valence-electron chi connectivity index (χ4n) is 5.07. The van der Waals surface area contributed by atoms with Crippen LogP contribution in [-0.2, 0) is 0 Å². The van der Waals surface area contributed by atoms with Crippen LogP contribution in [-0.4, -0.2) is 4.98 Å². The molecule has 0 aliphatic rings. The molecule has 0 saturated heterocycles. The first-order chi connectivity index (χ1) is 17.7. The number of rotatable bonds is 7. The molecule has 0 aliphatic carbocycles. The average molecular weight is 462 g/mol. The lowest BCUT2D eigenvalue weighted by molar-refractivity contribution is 1.33.